The fraction of sp³-hybridized carbons (Fsp3) is 0.424. The minimum Gasteiger partial charge on any atom is -0.491 e. The van der Waals surface area contributed by atoms with Gasteiger partial charge in [-0.25, -0.2) is 4.79 Å². The molecule has 1 atom stereocenters. The quantitative estimate of drug-likeness (QED) is 0.167. The molecule has 1 unspecified atom stereocenters. The van der Waals surface area contributed by atoms with E-state index < -0.39 is 12.0 Å². The molecule has 1 aliphatic heterocycles. The van der Waals surface area contributed by atoms with Crippen LogP contribution in [0.3, 0.4) is 0 Å². The van der Waals surface area contributed by atoms with Gasteiger partial charge in [-0.2, -0.15) is 0 Å². The Bertz CT molecular complexity index is 1360. The highest BCUT2D eigenvalue weighted by atomic mass is 32.1. The third kappa shape index (κ3) is 7.91. The highest BCUT2D eigenvalue weighted by Gasteiger charge is 2.41. The van der Waals surface area contributed by atoms with Crippen LogP contribution in [0.25, 0.3) is 6.08 Å². The average molecular weight is 595 g/mol. The van der Waals surface area contributed by atoms with Crippen molar-refractivity contribution in [1.29, 1.82) is 0 Å². The van der Waals surface area contributed by atoms with Crippen molar-refractivity contribution >= 4 is 35.3 Å². The molecule has 2 aromatic rings. The van der Waals surface area contributed by atoms with Crippen LogP contribution in [-0.4, -0.2) is 47.8 Å². The number of nitrogens with one attached hydrogen (secondary N) is 1. The second-order valence-electron chi connectivity index (χ2n) is 10.6. The van der Waals surface area contributed by atoms with Gasteiger partial charge in [-0.3, -0.25) is 9.69 Å². The Hall–Kier alpha value is -3.85. The molecule has 226 valence electrons. The lowest BCUT2D eigenvalue weighted by Crippen LogP contribution is -2.51. The first-order chi connectivity index (χ1) is 20.0. The number of amides is 1. The van der Waals surface area contributed by atoms with Gasteiger partial charge >= 0.3 is 5.97 Å². The summed E-state index contributed by atoms with van der Waals surface area (Å²) in [4.78, 5) is 28.9. The van der Waals surface area contributed by atoms with E-state index in [1.165, 1.54) is 4.90 Å². The van der Waals surface area contributed by atoms with Crippen LogP contribution in [-0.2, 0) is 14.3 Å². The van der Waals surface area contributed by atoms with Gasteiger partial charge in [-0.05, 0) is 89.5 Å². The van der Waals surface area contributed by atoms with E-state index in [2.05, 4.69) is 19.2 Å². The van der Waals surface area contributed by atoms with Gasteiger partial charge in [0.25, 0.3) is 5.91 Å². The molecule has 9 heteroatoms. The second-order valence-corrected chi connectivity index (χ2v) is 11.0. The van der Waals surface area contributed by atoms with Gasteiger partial charge in [-0.1, -0.05) is 38.1 Å². The number of nitrogens with zero attached hydrogens (tertiary/aromatic N) is 1. The Morgan fingerprint density at radius 2 is 1.71 bits per heavy atom. The molecule has 1 aliphatic rings. The van der Waals surface area contributed by atoms with E-state index >= 15 is 0 Å². The fourth-order valence-electron chi connectivity index (χ4n) is 4.54. The lowest BCUT2D eigenvalue weighted by Gasteiger charge is -2.39. The molecule has 0 spiro atoms. The number of rotatable bonds is 12. The molecule has 3 rings (SSSR count). The van der Waals surface area contributed by atoms with Gasteiger partial charge in [0, 0.05) is 16.8 Å². The van der Waals surface area contributed by atoms with E-state index in [4.69, 9.17) is 31.2 Å². The van der Waals surface area contributed by atoms with Crippen molar-refractivity contribution in [3.63, 3.8) is 0 Å². The molecule has 1 heterocycles. The number of esters is 1. The number of hydrogen-bond donors (Lipinski definition) is 1. The smallest absolute Gasteiger partial charge is 0.338 e. The summed E-state index contributed by atoms with van der Waals surface area (Å²) in [6, 6.07) is 12.1. The number of para-hydroxylation sites is 1. The van der Waals surface area contributed by atoms with Crippen molar-refractivity contribution in [1.82, 2.24) is 10.2 Å². The zero-order valence-electron chi connectivity index (χ0n) is 25.8. The van der Waals surface area contributed by atoms with Gasteiger partial charge in [0.15, 0.2) is 16.6 Å². The molecule has 42 heavy (non-hydrogen) atoms. The van der Waals surface area contributed by atoms with Crippen molar-refractivity contribution in [3.8, 4) is 17.2 Å². The van der Waals surface area contributed by atoms with E-state index in [0.29, 0.717) is 53.2 Å². The highest BCUT2D eigenvalue weighted by Crippen LogP contribution is 2.40. The topological polar surface area (TPSA) is 86.3 Å². The number of carbonyl (C=O) groups is 2. The number of allylic oxidation sites excluding steroid dienone is 1. The standard InChI is InChI=1S/C33H42N2O6S/c1-9-38-28-18-24(15-16-27(28)40-19-20(3)4)17-22(7)31(36)35-30(25-13-11-12-14-26(25)41-21(5)6)29(32(37)39-10-2)23(8)34-33(35)42/h11-18,20-21,30H,9-10,19H2,1-8H3,(H,34,42)/b22-17+. The molecule has 1 N–H and O–H groups in total. The van der Waals surface area contributed by atoms with Gasteiger partial charge in [0.05, 0.1) is 31.5 Å². The molecule has 0 bridgehead atoms. The molecule has 2 aromatic carbocycles. The number of thiocarbonyl (C=S) groups is 1. The maximum Gasteiger partial charge on any atom is 0.338 e. The number of benzene rings is 2. The van der Waals surface area contributed by atoms with Crippen LogP contribution in [0.4, 0.5) is 0 Å². The molecule has 0 aromatic heterocycles. The van der Waals surface area contributed by atoms with E-state index in [1.54, 1.807) is 26.8 Å². The molecule has 0 radical (unpaired) electrons. The Kier molecular flexibility index (Phi) is 11.6. The molecular weight excluding hydrogens is 552 g/mol. The van der Waals surface area contributed by atoms with Crippen LogP contribution in [0.5, 0.6) is 17.2 Å². The summed E-state index contributed by atoms with van der Waals surface area (Å²) in [5.74, 6) is 1.26. The molecule has 8 nitrogen and oxygen atoms in total. The van der Waals surface area contributed by atoms with Crippen LogP contribution in [0.2, 0.25) is 0 Å². The third-order valence-corrected chi connectivity index (χ3v) is 6.60. The summed E-state index contributed by atoms with van der Waals surface area (Å²) in [6.07, 6.45) is 1.64. The maximum atomic E-state index is 14.2. The highest BCUT2D eigenvalue weighted by molar-refractivity contribution is 7.80. The zero-order chi connectivity index (χ0) is 31.0. The molecule has 0 aliphatic carbocycles. The van der Waals surface area contributed by atoms with Crippen LogP contribution < -0.4 is 19.5 Å². The predicted octanol–water partition coefficient (Wildman–Crippen LogP) is 6.61. The van der Waals surface area contributed by atoms with Gasteiger partial charge in [-0.15, -0.1) is 0 Å². The Morgan fingerprint density at radius 1 is 1.00 bits per heavy atom. The monoisotopic (exact) mass is 594 g/mol. The van der Waals surface area contributed by atoms with Crippen molar-refractivity contribution in [3.05, 3.63) is 70.4 Å². The molecule has 0 saturated carbocycles. The van der Waals surface area contributed by atoms with Crippen LogP contribution in [0.1, 0.15) is 72.6 Å². The van der Waals surface area contributed by atoms with Crippen molar-refractivity contribution in [2.24, 2.45) is 5.92 Å². The Labute approximate surface area is 254 Å². The first-order valence-electron chi connectivity index (χ1n) is 14.3. The van der Waals surface area contributed by atoms with E-state index in [9.17, 15) is 9.59 Å². The predicted molar refractivity (Wildman–Crippen MR) is 168 cm³/mol. The van der Waals surface area contributed by atoms with E-state index in [1.807, 2.05) is 63.2 Å². The van der Waals surface area contributed by atoms with Crippen molar-refractivity contribution in [2.75, 3.05) is 19.8 Å². The number of hydrogen-bond acceptors (Lipinski definition) is 7. The summed E-state index contributed by atoms with van der Waals surface area (Å²) in [5.41, 5.74) is 2.61. The molecule has 0 saturated heterocycles. The summed E-state index contributed by atoms with van der Waals surface area (Å²) >= 11 is 5.70. The first-order valence-corrected chi connectivity index (χ1v) is 14.7. The summed E-state index contributed by atoms with van der Waals surface area (Å²) in [5, 5.41) is 3.22. The molecular formula is C33H42N2O6S. The fourth-order valence-corrected chi connectivity index (χ4v) is 4.89. The summed E-state index contributed by atoms with van der Waals surface area (Å²) in [7, 11) is 0. The van der Waals surface area contributed by atoms with Crippen molar-refractivity contribution < 1.29 is 28.5 Å². The van der Waals surface area contributed by atoms with Crippen LogP contribution >= 0.6 is 12.2 Å². The second kappa shape index (κ2) is 14.9. The molecule has 0 fully saturated rings. The summed E-state index contributed by atoms with van der Waals surface area (Å²) < 4.78 is 23.3. The number of carbonyl (C=O) groups excluding carboxylic acids is 2. The van der Waals surface area contributed by atoms with Gasteiger partial charge in [0.2, 0.25) is 0 Å². The first kappa shape index (κ1) is 32.7. The maximum absolute atomic E-state index is 14.2. The molecule has 1 amide bonds. The SMILES string of the molecule is CCOC(=O)C1=C(C)NC(=S)N(C(=O)/C(C)=C/c2ccc(OCC(C)C)c(OCC)c2)C1c1ccccc1OC(C)C. The number of ether oxygens (including phenoxy) is 4. The minimum absolute atomic E-state index is 0.131. The van der Waals surface area contributed by atoms with Gasteiger partial charge in [0.1, 0.15) is 11.8 Å². The van der Waals surface area contributed by atoms with Crippen LogP contribution in [0.15, 0.2) is 59.3 Å². The third-order valence-electron chi connectivity index (χ3n) is 6.30. The minimum atomic E-state index is -0.866. The normalized spacial score (nSPS) is 15.6. The van der Waals surface area contributed by atoms with Crippen molar-refractivity contribution in [2.45, 2.75) is 67.5 Å². The van der Waals surface area contributed by atoms with Crippen LogP contribution in [0, 0.1) is 5.92 Å². The lowest BCUT2D eigenvalue weighted by atomic mass is 9.92. The Morgan fingerprint density at radius 3 is 2.36 bits per heavy atom. The van der Waals surface area contributed by atoms with E-state index in [-0.39, 0.29) is 29.3 Å². The van der Waals surface area contributed by atoms with Gasteiger partial charge < -0.3 is 24.3 Å². The Balaban J connectivity index is 2.10. The summed E-state index contributed by atoms with van der Waals surface area (Å²) in [6.45, 7) is 16.3. The van der Waals surface area contributed by atoms with E-state index in [0.717, 1.165) is 5.56 Å². The average Bonchev–Trinajstić information content (AvgIpc) is 2.92. The lowest BCUT2D eigenvalue weighted by molar-refractivity contribution is -0.139. The zero-order valence-corrected chi connectivity index (χ0v) is 26.6. The largest absolute Gasteiger partial charge is 0.491 e.